The van der Waals surface area contributed by atoms with Gasteiger partial charge in [0, 0.05) is 33.1 Å². The average Bonchev–Trinajstić information content (AvgIpc) is 3.51. The normalized spacial score (nSPS) is 20.8. The van der Waals surface area contributed by atoms with Crippen LogP contribution in [0.15, 0.2) is 138 Å². The van der Waals surface area contributed by atoms with Gasteiger partial charge in [0.1, 0.15) is 17.3 Å². The zero-order valence-corrected chi connectivity index (χ0v) is 32.2. The number of hydrogen-bond acceptors (Lipinski definition) is 12. The van der Waals surface area contributed by atoms with Crippen molar-refractivity contribution in [2.24, 2.45) is 5.73 Å². The van der Waals surface area contributed by atoms with Gasteiger partial charge >= 0.3 is 11.7 Å². The molecule has 1 aliphatic heterocycles. The summed E-state index contributed by atoms with van der Waals surface area (Å²) in [6.45, 7) is -2.11. The number of nitrogens with one attached hydrogen (secondary N) is 1. The van der Waals surface area contributed by atoms with E-state index in [1.54, 1.807) is 30.3 Å². The van der Waals surface area contributed by atoms with Crippen molar-refractivity contribution in [3.63, 3.8) is 0 Å². The van der Waals surface area contributed by atoms with Gasteiger partial charge in [0.25, 0.3) is 11.8 Å². The molecule has 0 radical (unpaired) electrons. The number of rotatable bonds is 18. The molecule has 0 unspecified atom stereocenters. The van der Waals surface area contributed by atoms with Crippen molar-refractivity contribution in [3.8, 4) is 0 Å². The van der Waals surface area contributed by atoms with Crippen molar-refractivity contribution in [1.29, 1.82) is 0 Å². The van der Waals surface area contributed by atoms with Crippen LogP contribution in [0.3, 0.4) is 0 Å². The number of hydrogen-bond donors (Lipinski definition) is 4. The molecular weight excluding hydrogens is 748 g/mol. The second kappa shape index (κ2) is 17.9. The predicted octanol–water partition coefficient (Wildman–Crippen LogP) is 3.00. The number of aromatic nitrogens is 2. The molecule has 4 aromatic carbocycles. The molecule has 2 heterocycles. The Bertz CT molecular complexity index is 2090. The minimum Gasteiger partial charge on any atom is -0.393 e. The Morgan fingerprint density at radius 3 is 1.79 bits per heavy atom. The number of aliphatic hydroxyl groups is 2. The average molecular weight is 795 g/mol. The molecule has 0 saturated carbocycles. The Morgan fingerprint density at radius 2 is 1.34 bits per heavy atom. The summed E-state index contributed by atoms with van der Waals surface area (Å²) < 4.78 is 37.9. The Kier molecular flexibility index (Phi) is 13.0. The fourth-order valence-electron chi connectivity index (χ4n) is 7.60. The molecule has 2 amide bonds. The predicted molar refractivity (Wildman–Crippen MR) is 211 cm³/mol. The van der Waals surface area contributed by atoms with Crippen molar-refractivity contribution >= 4 is 17.6 Å². The van der Waals surface area contributed by atoms with E-state index < -0.39 is 65.6 Å². The van der Waals surface area contributed by atoms with Gasteiger partial charge in [0.2, 0.25) is 5.60 Å². The summed E-state index contributed by atoms with van der Waals surface area (Å²) in [5, 5.41) is 26.4. The lowest BCUT2D eigenvalue weighted by Gasteiger charge is -2.50. The minimum absolute atomic E-state index is 0.00248. The number of ether oxygens (including phenoxy) is 6. The number of amides is 2. The number of primary amides is 1. The van der Waals surface area contributed by atoms with Crippen LogP contribution >= 0.6 is 0 Å². The summed E-state index contributed by atoms with van der Waals surface area (Å²) in [4.78, 5) is 44.2. The highest BCUT2D eigenvalue weighted by molar-refractivity contribution is 6.03. The topological polar surface area (TPSA) is 203 Å². The number of carbonyl (C=O) groups excluding carboxylic acids is 2. The van der Waals surface area contributed by atoms with Crippen molar-refractivity contribution in [2.75, 3.05) is 53.1 Å². The van der Waals surface area contributed by atoms with Gasteiger partial charge in [-0.25, -0.2) is 4.79 Å². The molecule has 304 valence electrons. The van der Waals surface area contributed by atoms with E-state index in [9.17, 15) is 24.6 Å². The van der Waals surface area contributed by atoms with Gasteiger partial charge in [-0.15, -0.1) is 0 Å². The van der Waals surface area contributed by atoms with Crippen LogP contribution in [0.4, 0.5) is 5.82 Å². The van der Waals surface area contributed by atoms with Crippen LogP contribution in [0.25, 0.3) is 0 Å². The third kappa shape index (κ3) is 7.34. The Hall–Kier alpha value is -5.62. The quantitative estimate of drug-likeness (QED) is 0.0575. The summed E-state index contributed by atoms with van der Waals surface area (Å²) in [6.07, 6.45) is -2.16. The van der Waals surface area contributed by atoms with Gasteiger partial charge in [0.05, 0.1) is 26.4 Å². The summed E-state index contributed by atoms with van der Waals surface area (Å²) in [5.74, 6) is -4.09. The molecule has 0 bridgehead atoms. The zero-order chi connectivity index (χ0) is 41.4. The highest BCUT2D eigenvalue weighted by Gasteiger charge is 2.71. The second-order valence-corrected chi connectivity index (χ2v) is 13.5. The molecule has 5 aromatic rings. The maximum atomic E-state index is 13.7. The van der Waals surface area contributed by atoms with Crippen LogP contribution in [-0.2, 0) is 38.6 Å². The Balaban J connectivity index is 1.47. The van der Waals surface area contributed by atoms with Gasteiger partial charge in [-0.1, -0.05) is 109 Å². The van der Waals surface area contributed by atoms with Gasteiger partial charge in [-0.2, -0.15) is 4.98 Å². The molecule has 0 aliphatic carbocycles. The molecule has 4 atom stereocenters. The van der Waals surface area contributed by atoms with E-state index in [2.05, 4.69) is 10.3 Å². The monoisotopic (exact) mass is 794 g/mol. The zero-order valence-electron chi connectivity index (χ0n) is 32.2. The fourth-order valence-corrected chi connectivity index (χ4v) is 7.60. The molecular formula is C43H46N4O11. The molecule has 58 heavy (non-hydrogen) atoms. The van der Waals surface area contributed by atoms with Gasteiger partial charge in [0.15, 0.2) is 11.8 Å². The lowest BCUT2D eigenvalue weighted by Crippen LogP contribution is -2.69. The summed E-state index contributed by atoms with van der Waals surface area (Å²) in [6, 6.07) is 37.6. The maximum Gasteiger partial charge on any atom is 0.351 e. The highest BCUT2D eigenvalue weighted by atomic mass is 16.9. The number of nitrogens with two attached hydrogens (primary N) is 1. The second-order valence-electron chi connectivity index (χ2n) is 13.5. The smallest absolute Gasteiger partial charge is 0.351 e. The highest BCUT2D eigenvalue weighted by Crippen LogP contribution is 2.52. The van der Waals surface area contributed by atoms with E-state index >= 15 is 0 Å². The summed E-state index contributed by atoms with van der Waals surface area (Å²) >= 11 is 0. The first-order valence-corrected chi connectivity index (χ1v) is 18.4. The van der Waals surface area contributed by atoms with Crippen molar-refractivity contribution in [1.82, 2.24) is 9.55 Å². The van der Waals surface area contributed by atoms with Crippen molar-refractivity contribution in [2.45, 2.75) is 34.9 Å². The summed E-state index contributed by atoms with van der Waals surface area (Å²) in [7, 11) is 4.16. The molecule has 15 heteroatoms. The van der Waals surface area contributed by atoms with Crippen LogP contribution < -0.4 is 16.7 Å². The molecule has 0 spiro atoms. The van der Waals surface area contributed by atoms with Gasteiger partial charge in [-0.05, 0) is 34.9 Å². The van der Waals surface area contributed by atoms with Gasteiger partial charge in [-0.3, -0.25) is 14.2 Å². The number of methoxy groups -OCH3 is 3. The van der Waals surface area contributed by atoms with Crippen molar-refractivity contribution in [3.05, 3.63) is 166 Å². The van der Waals surface area contributed by atoms with E-state index in [1.807, 2.05) is 91.0 Å². The van der Waals surface area contributed by atoms with Crippen LogP contribution in [0, 0.1) is 0 Å². The maximum absolute atomic E-state index is 13.7. The van der Waals surface area contributed by atoms with Crippen LogP contribution in [0.5, 0.6) is 0 Å². The largest absolute Gasteiger partial charge is 0.393 e. The first-order valence-electron chi connectivity index (χ1n) is 18.4. The third-order valence-electron chi connectivity index (χ3n) is 10.4. The van der Waals surface area contributed by atoms with Gasteiger partial charge < -0.3 is 49.7 Å². The number of nitrogens with zero attached hydrogens (tertiary/aromatic N) is 2. The van der Waals surface area contributed by atoms with E-state index in [0.717, 1.165) is 4.57 Å². The molecule has 1 saturated heterocycles. The molecule has 1 aromatic heterocycles. The molecule has 1 fully saturated rings. The van der Waals surface area contributed by atoms with Crippen LogP contribution in [-0.4, -0.2) is 103 Å². The number of aliphatic hydroxyl groups excluding tert-OH is 1. The lowest BCUT2D eigenvalue weighted by atomic mass is 9.67. The molecule has 5 N–H and O–H groups in total. The Labute approximate surface area is 334 Å². The van der Waals surface area contributed by atoms with E-state index in [-0.39, 0.29) is 19.0 Å². The third-order valence-corrected chi connectivity index (χ3v) is 10.4. The SMILES string of the molecule is COCCO[C@H]1[C@H](n2ccc(NC(=O)c3ccccc3)nc2=O)O[C@](CO)(COC(OC)(OC)C(c2ccccc2)(c2ccccc2)c2ccccc2)[C@]1(O)C(N)=O. The van der Waals surface area contributed by atoms with Crippen LogP contribution in [0.2, 0.25) is 0 Å². The number of benzene rings is 4. The summed E-state index contributed by atoms with van der Waals surface area (Å²) in [5.41, 5.74) is 0.602. The van der Waals surface area contributed by atoms with E-state index in [4.69, 9.17) is 34.2 Å². The first-order chi connectivity index (χ1) is 28.1. The fraction of sp³-hybridized carbons (Fsp3) is 0.302. The minimum atomic E-state index is -2.89. The van der Waals surface area contributed by atoms with Crippen LogP contribution in [0.1, 0.15) is 33.3 Å². The first kappa shape index (κ1) is 42.0. The molecule has 15 nitrogen and oxygen atoms in total. The molecule has 1 aliphatic rings. The van der Waals surface area contributed by atoms with E-state index in [0.29, 0.717) is 22.3 Å². The standard InChI is InChI=1S/C43H46N4O11/c1-53-26-27-56-35-37(47-25-24-34(46-39(47)51)45-36(49)30-16-8-4-9-17-30)58-40(28-48,42(35,52)38(44)50)29-57-43(54-2,55-3)41(31-18-10-5-11-19-31,32-20-12-6-13-21-32)33-22-14-7-15-23-33/h4-25,35,37,48,52H,26-29H2,1-3H3,(H2,44,50)(H,45,46,49,51)/t35-,37+,40+,42+/m0/s1. The molecule has 6 rings (SSSR count). The number of carbonyl (C=O) groups is 2. The lowest BCUT2D eigenvalue weighted by molar-refractivity contribution is -0.397. The van der Waals surface area contributed by atoms with Crippen molar-refractivity contribution < 1.29 is 48.2 Å². The Morgan fingerprint density at radius 1 is 0.828 bits per heavy atom. The number of anilines is 1. The van der Waals surface area contributed by atoms with E-state index in [1.165, 1.54) is 33.6 Å².